The van der Waals surface area contributed by atoms with Crippen LogP contribution < -0.4 is 66.7 Å². The van der Waals surface area contributed by atoms with E-state index in [9.17, 15) is 53.4 Å². The van der Waals surface area contributed by atoms with Gasteiger partial charge in [0, 0.05) is 87.9 Å². The molecule has 28 nitrogen and oxygen atoms in total. The summed E-state index contributed by atoms with van der Waals surface area (Å²) in [5.74, 6) is -10.2. The molecule has 0 unspecified atom stereocenters. The van der Waals surface area contributed by atoms with Gasteiger partial charge in [-0.3, -0.25) is 58.1 Å². The predicted octanol–water partition coefficient (Wildman–Crippen LogP) is 1.06. The van der Waals surface area contributed by atoms with E-state index < -0.39 is 127 Å². The molecule has 0 saturated carbocycles. The van der Waals surface area contributed by atoms with Crippen molar-refractivity contribution in [2.24, 2.45) is 78.8 Å². The number of Topliss-reactive ketones (excluding diaryl/α,β-unsaturated/α-hetero) is 3. The number of aliphatic hydroxyl groups excluding tert-OH is 2. The van der Waals surface area contributed by atoms with E-state index in [0.29, 0.717) is 18.5 Å². The summed E-state index contributed by atoms with van der Waals surface area (Å²) in [6.07, 6.45) is 15.6. The summed E-state index contributed by atoms with van der Waals surface area (Å²) < 4.78 is 0. The minimum Gasteiger partial charge on any atom is -0.396 e. The lowest BCUT2D eigenvalue weighted by Crippen LogP contribution is -2.53. The fourth-order valence-corrected chi connectivity index (χ4v) is 10.1. The summed E-state index contributed by atoms with van der Waals surface area (Å²) in [5.41, 5.74) is 38.9. The fourth-order valence-electron chi connectivity index (χ4n) is 10.1. The van der Waals surface area contributed by atoms with Crippen molar-refractivity contribution in [2.45, 2.75) is 238 Å². The molecule has 0 bridgehead atoms. The standard InChI is InChI=1S/C60H109N17O11/c1-6-7-8-9-10-11-12-13-14-15-16-17-18-25-52(84)74-46(24-21-28-71-60(66)67)57(88)75-45(23-20-27-70-59(64)65)48(80)32-42(29-38(2)3)55(86)76-47(34-44-35-68-37-72-44)49(81)33-43(36-78)56(87)77-53(40(5)79)50(82)31-41(22-19-26-69-58(62)63)54(85)73-39(4)30-51(61)83/h35,37-43,45-47,53,78-79H,6-34,36H2,1-5H3,(H2,61,83)(H,68,72)(H,73,85)(H,74,84)(H,75,88)(H,76,86)(H,77,87)(H4,62,63,69)(H4,64,65,70)(H4,66,67,71)/t39-,40-,41-,42-,43+,45+,46+,47+,53+/m1/s1. The highest BCUT2D eigenvalue weighted by atomic mass is 16.3. The molecule has 6 amide bonds. The van der Waals surface area contributed by atoms with Crippen LogP contribution in [0.25, 0.3) is 0 Å². The number of H-pyrrole nitrogens is 1. The van der Waals surface area contributed by atoms with Gasteiger partial charge >= 0.3 is 0 Å². The number of aromatic amines is 1. The van der Waals surface area contributed by atoms with Crippen molar-refractivity contribution < 1.29 is 53.4 Å². The summed E-state index contributed by atoms with van der Waals surface area (Å²) in [5, 5.41) is 34.9. The average molecular weight is 1240 g/mol. The van der Waals surface area contributed by atoms with E-state index in [2.05, 4.69) is 58.5 Å². The maximum atomic E-state index is 14.5. The number of carbonyl (C=O) groups is 9. The van der Waals surface area contributed by atoms with E-state index in [0.717, 1.165) is 25.7 Å². The van der Waals surface area contributed by atoms with Crippen molar-refractivity contribution in [2.75, 3.05) is 26.2 Å². The molecule has 1 aromatic heterocycles. The number of amides is 6. The predicted molar refractivity (Wildman–Crippen MR) is 339 cm³/mol. The molecule has 500 valence electrons. The first-order valence-electron chi connectivity index (χ1n) is 31.6. The van der Waals surface area contributed by atoms with Crippen LogP contribution in [0.4, 0.5) is 0 Å². The second-order valence-electron chi connectivity index (χ2n) is 23.6. The summed E-state index contributed by atoms with van der Waals surface area (Å²) in [6.45, 7) is 8.18. The molecule has 0 aliphatic heterocycles. The van der Waals surface area contributed by atoms with Crippen molar-refractivity contribution in [1.82, 2.24) is 36.6 Å². The summed E-state index contributed by atoms with van der Waals surface area (Å²) in [6, 6.07) is -5.90. The number of carbonyl (C=O) groups excluding carboxylic acids is 9. The molecular weight excluding hydrogens is 1130 g/mol. The van der Waals surface area contributed by atoms with E-state index >= 15 is 0 Å². The zero-order valence-electron chi connectivity index (χ0n) is 53.0. The van der Waals surface area contributed by atoms with Gasteiger partial charge in [-0.1, -0.05) is 97.8 Å². The Bertz CT molecular complexity index is 2340. The van der Waals surface area contributed by atoms with Crippen LogP contribution in [0.1, 0.15) is 201 Å². The number of guanidine groups is 3. The van der Waals surface area contributed by atoms with Gasteiger partial charge in [-0.2, -0.15) is 0 Å². The van der Waals surface area contributed by atoms with Crippen molar-refractivity contribution >= 4 is 70.7 Å². The van der Waals surface area contributed by atoms with E-state index in [1.807, 2.05) is 13.8 Å². The largest absolute Gasteiger partial charge is 0.396 e. The zero-order chi connectivity index (χ0) is 66.0. The number of imidazole rings is 1. The first-order chi connectivity index (χ1) is 41.8. The third kappa shape index (κ3) is 36.8. The Morgan fingerprint density at radius 2 is 0.989 bits per heavy atom. The smallest absolute Gasteiger partial charge is 0.243 e. The number of nitrogens with two attached hydrogens (primary N) is 7. The van der Waals surface area contributed by atoms with Gasteiger partial charge in [-0.25, -0.2) is 4.98 Å². The topological polar surface area (TPSA) is 502 Å². The Morgan fingerprint density at radius 1 is 0.523 bits per heavy atom. The third-order valence-electron chi connectivity index (χ3n) is 14.9. The third-order valence-corrected chi connectivity index (χ3v) is 14.9. The summed E-state index contributed by atoms with van der Waals surface area (Å²) >= 11 is 0. The molecule has 0 radical (unpaired) electrons. The maximum Gasteiger partial charge on any atom is 0.243 e. The molecule has 0 saturated heterocycles. The molecule has 0 aliphatic carbocycles. The Kier molecular flexibility index (Phi) is 41.1. The molecule has 0 fully saturated rings. The van der Waals surface area contributed by atoms with Gasteiger partial charge in [-0.15, -0.1) is 0 Å². The van der Waals surface area contributed by atoms with E-state index in [1.54, 1.807) is 6.92 Å². The number of aliphatic hydroxyl groups is 2. The van der Waals surface area contributed by atoms with Gasteiger partial charge in [0.1, 0.15) is 12.1 Å². The molecule has 0 spiro atoms. The van der Waals surface area contributed by atoms with Crippen molar-refractivity contribution in [3.8, 4) is 0 Å². The molecule has 1 heterocycles. The lowest BCUT2D eigenvalue weighted by molar-refractivity contribution is -0.137. The van der Waals surface area contributed by atoms with Crippen LogP contribution in [0.2, 0.25) is 0 Å². The van der Waals surface area contributed by atoms with Gasteiger partial charge in [0.05, 0.1) is 37.0 Å². The van der Waals surface area contributed by atoms with E-state index in [1.165, 1.54) is 70.8 Å². The molecule has 88 heavy (non-hydrogen) atoms. The molecule has 1 aromatic rings. The molecule has 9 atom stereocenters. The Morgan fingerprint density at radius 3 is 1.48 bits per heavy atom. The van der Waals surface area contributed by atoms with Gasteiger partial charge in [-0.05, 0) is 71.1 Å². The normalized spacial score (nSPS) is 14.3. The molecular formula is C60H109N17O11. The number of hydrogen-bond donors (Lipinski definition) is 15. The van der Waals surface area contributed by atoms with Crippen LogP contribution in [-0.2, 0) is 49.6 Å². The quantitative estimate of drug-likeness (QED) is 0.0246. The molecule has 0 aromatic carbocycles. The van der Waals surface area contributed by atoms with E-state index in [4.69, 9.17) is 40.1 Å². The highest BCUT2D eigenvalue weighted by Crippen LogP contribution is 2.22. The number of rotatable bonds is 52. The average Bonchev–Trinajstić information content (AvgIpc) is 3.56. The highest BCUT2D eigenvalue weighted by Gasteiger charge is 2.36. The van der Waals surface area contributed by atoms with Crippen LogP contribution in [0.15, 0.2) is 27.5 Å². The number of primary amides is 1. The first-order valence-corrected chi connectivity index (χ1v) is 31.6. The highest BCUT2D eigenvalue weighted by molar-refractivity contribution is 5.98. The molecule has 1 rings (SSSR count). The monoisotopic (exact) mass is 1240 g/mol. The summed E-state index contributed by atoms with van der Waals surface area (Å²) in [7, 11) is 0. The van der Waals surface area contributed by atoms with Gasteiger partial charge in [0.2, 0.25) is 35.4 Å². The zero-order valence-corrected chi connectivity index (χ0v) is 53.0. The van der Waals surface area contributed by atoms with E-state index in [-0.39, 0.29) is 107 Å². The number of nitrogens with zero attached hydrogens (tertiary/aromatic N) is 4. The van der Waals surface area contributed by atoms with Crippen molar-refractivity contribution in [1.29, 1.82) is 0 Å². The van der Waals surface area contributed by atoms with Crippen molar-refractivity contribution in [3.63, 3.8) is 0 Å². The lowest BCUT2D eigenvalue weighted by Gasteiger charge is -2.27. The second kappa shape index (κ2) is 46.0. The number of ketones is 3. The molecule has 0 aliphatic rings. The number of hydrogen-bond acceptors (Lipinski definition) is 15. The Labute approximate surface area is 520 Å². The maximum absolute atomic E-state index is 14.5. The first kappa shape index (κ1) is 78.8. The Balaban J connectivity index is 3.39. The minimum absolute atomic E-state index is 0.0480. The van der Waals surface area contributed by atoms with Gasteiger partial charge in [0.15, 0.2) is 35.2 Å². The number of aliphatic imine (C=N–C) groups is 3. The lowest BCUT2D eigenvalue weighted by atomic mass is 9.88. The SMILES string of the molecule is CCCCCCCCCCCCCCCC(=O)N[C@@H](CCCN=C(N)N)C(=O)N[C@@H](CCCN=C(N)N)C(=O)C[C@@H](CC(C)C)C(=O)N[C@@H](Cc1cnc[nH]1)C(=O)C[C@@H](CO)C(=O)N[C@H](C(=O)C[C@@H](CCCN=C(N)N)C(=O)N[C@H](C)CC(N)=O)[C@@H](C)O. The molecule has 22 N–H and O–H groups in total. The van der Waals surface area contributed by atoms with Gasteiger partial charge < -0.3 is 81.9 Å². The van der Waals surface area contributed by atoms with Crippen LogP contribution in [0.5, 0.6) is 0 Å². The van der Waals surface area contributed by atoms with Crippen LogP contribution >= 0.6 is 0 Å². The van der Waals surface area contributed by atoms with Crippen molar-refractivity contribution in [3.05, 3.63) is 18.2 Å². The second-order valence-corrected chi connectivity index (χ2v) is 23.6. The number of unbranched alkanes of at least 4 members (excludes halogenated alkanes) is 12. The van der Waals surface area contributed by atoms with Gasteiger partial charge in [0.25, 0.3) is 0 Å². The summed E-state index contributed by atoms with van der Waals surface area (Å²) in [4.78, 5) is 143. The number of nitrogens with one attached hydrogen (secondary N) is 6. The Hall–Kier alpha value is -7.23. The van der Waals surface area contributed by atoms with Crippen LogP contribution in [0, 0.1) is 23.7 Å². The minimum atomic E-state index is -1.61. The fraction of sp³-hybridized carbons (Fsp3) is 0.750. The number of aromatic nitrogens is 2. The van der Waals surface area contributed by atoms with Crippen LogP contribution in [-0.4, -0.2) is 153 Å². The van der Waals surface area contributed by atoms with Crippen LogP contribution in [0.3, 0.4) is 0 Å². The molecule has 28 heteroatoms.